The first-order valence-electron chi connectivity index (χ1n) is 4.11. The number of nitrogens with zero attached hydrogens (tertiary/aromatic N) is 1. The van der Waals surface area contributed by atoms with E-state index in [-0.39, 0.29) is 5.69 Å². The van der Waals surface area contributed by atoms with E-state index in [0.29, 0.717) is 10.9 Å². The first kappa shape index (κ1) is 11.1. The molecule has 0 saturated heterocycles. The van der Waals surface area contributed by atoms with Crippen LogP contribution in [0.25, 0.3) is 0 Å². The Bertz CT molecular complexity index is 352. The van der Waals surface area contributed by atoms with Gasteiger partial charge in [0.05, 0.1) is 11.0 Å². The van der Waals surface area contributed by atoms with E-state index in [4.69, 9.17) is 5.11 Å². The Morgan fingerprint density at radius 2 is 2.21 bits per heavy atom. The lowest BCUT2D eigenvalue weighted by atomic mass is 10.1. The third-order valence-electron chi connectivity index (χ3n) is 1.68. The first-order valence-corrected chi connectivity index (χ1v) is 4.90. The molecular weight excluding hydrogens is 250 g/mol. The zero-order valence-corrected chi connectivity index (χ0v) is 9.19. The monoisotopic (exact) mass is 259 g/mol. The highest BCUT2D eigenvalue weighted by molar-refractivity contribution is 9.10. The van der Waals surface area contributed by atoms with Gasteiger partial charge in [-0.1, -0.05) is 15.9 Å². The maximum atomic E-state index is 10.5. The molecule has 0 spiro atoms. The molecule has 0 amide bonds. The number of non-ortho nitro benzene ring substituents is 1. The highest BCUT2D eigenvalue weighted by Gasteiger charge is 2.09. The summed E-state index contributed by atoms with van der Waals surface area (Å²) in [6.45, 7) is 1.65. The van der Waals surface area contributed by atoms with Crippen LogP contribution in [0.1, 0.15) is 12.5 Å². The molecule has 0 aliphatic carbocycles. The molecule has 1 aromatic carbocycles. The highest BCUT2D eigenvalue weighted by Crippen LogP contribution is 2.22. The lowest BCUT2D eigenvalue weighted by molar-refractivity contribution is -0.385. The Kier molecular flexibility index (Phi) is 3.60. The summed E-state index contributed by atoms with van der Waals surface area (Å²) >= 11 is 3.19. The summed E-state index contributed by atoms with van der Waals surface area (Å²) < 4.78 is 0.655. The molecule has 1 atom stereocenters. The second-order valence-electron chi connectivity index (χ2n) is 3.13. The van der Waals surface area contributed by atoms with Crippen molar-refractivity contribution in [1.29, 1.82) is 0 Å². The van der Waals surface area contributed by atoms with Crippen molar-refractivity contribution in [2.24, 2.45) is 0 Å². The molecule has 5 heteroatoms. The number of rotatable bonds is 3. The van der Waals surface area contributed by atoms with E-state index in [0.717, 1.165) is 5.56 Å². The molecular formula is C9H10BrNO3. The van der Waals surface area contributed by atoms with Crippen LogP contribution in [0.15, 0.2) is 22.7 Å². The van der Waals surface area contributed by atoms with E-state index in [1.165, 1.54) is 12.1 Å². The minimum atomic E-state index is -0.496. The summed E-state index contributed by atoms with van der Waals surface area (Å²) in [5, 5.41) is 19.7. The molecule has 0 aliphatic rings. The van der Waals surface area contributed by atoms with E-state index in [2.05, 4.69) is 15.9 Å². The number of hydrogen-bond donors (Lipinski definition) is 1. The van der Waals surface area contributed by atoms with Gasteiger partial charge in [0, 0.05) is 16.6 Å². The summed E-state index contributed by atoms with van der Waals surface area (Å²) in [6, 6.07) is 4.67. The topological polar surface area (TPSA) is 63.4 Å². The molecule has 0 radical (unpaired) electrons. The second kappa shape index (κ2) is 4.52. The van der Waals surface area contributed by atoms with Gasteiger partial charge in [0.25, 0.3) is 5.69 Å². The molecule has 0 heterocycles. The van der Waals surface area contributed by atoms with Gasteiger partial charge < -0.3 is 5.11 Å². The highest BCUT2D eigenvalue weighted by atomic mass is 79.9. The largest absolute Gasteiger partial charge is 0.393 e. The van der Waals surface area contributed by atoms with Gasteiger partial charge in [-0.05, 0) is 25.0 Å². The van der Waals surface area contributed by atoms with Gasteiger partial charge in [-0.2, -0.15) is 0 Å². The van der Waals surface area contributed by atoms with Crippen molar-refractivity contribution in [3.05, 3.63) is 38.3 Å². The Balaban J connectivity index is 3.01. The number of aliphatic hydroxyl groups is 1. The molecule has 0 saturated carbocycles. The molecule has 1 rings (SSSR count). The van der Waals surface area contributed by atoms with Crippen LogP contribution >= 0.6 is 15.9 Å². The van der Waals surface area contributed by atoms with Gasteiger partial charge in [-0.3, -0.25) is 10.1 Å². The van der Waals surface area contributed by atoms with Gasteiger partial charge in [-0.15, -0.1) is 0 Å². The molecule has 1 N–H and O–H groups in total. The van der Waals surface area contributed by atoms with Gasteiger partial charge in [-0.25, -0.2) is 0 Å². The van der Waals surface area contributed by atoms with Crippen LogP contribution in [0.4, 0.5) is 5.69 Å². The quantitative estimate of drug-likeness (QED) is 0.669. The van der Waals surface area contributed by atoms with E-state index in [1.807, 2.05) is 0 Å². The molecule has 0 bridgehead atoms. The van der Waals surface area contributed by atoms with Crippen LogP contribution in [0.5, 0.6) is 0 Å². The number of aliphatic hydroxyl groups excluding tert-OH is 1. The summed E-state index contributed by atoms with van der Waals surface area (Å²) in [6.07, 6.45) is -0.0794. The van der Waals surface area contributed by atoms with Crippen molar-refractivity contribution in [3.8, 4) is 0 Å². The predicted octanol–water partition coefficient (Wildman–Crippen LogP) is 2.28. The zero-order chi connectivity index (χ0) is 10.7. The van der Waals surface area contributed by atoms with Gasteiger partial charge in [0.1, 0.15) is 0 Å². The van der Waals surface area contributed by atoms with Crippen LogP contribution in [0.2, 0.25) is 0 Å². The number of halogens is 1. The van der Waals surface area contributed by atoms with E-state index in [1.54, 1.807) is 13.0 Å². The van der Waals surface area contributed by atoms with Crippen molar-refractivity contribution in [2.75, 3.05) is 0 Å². The molecule has 14 heavy (non-hydrogen) atoms. The molecule has 0 fully saturated rings. The van der Waals surface area contributed by atoms with Crippen LogP contribution in [-0.2, 0) is 6.42 Å². The second-order valence-corrected chi connectivity index (χ2v) is 4.04. The molecule has 4 nitrogen and oxygen atoms in total. The number of nitro groups is 1. The van der Waals surface area contributed by atoms with Crippen molar-refractivity contribution in [3.63, 3.8) is 0 Å². The van der Waals surface area contributed by atoms with Crippen LogP contribution < -0.4 is 0 Å². The minimum absolute atomic E-state index is 0.0371. The molecule has 0 unspecified atom stereocenters. The summed E-state index contributed by atoms with van der Waals surface area (Å²) in [4.78, 5) is 10.1. The fourth-order valence-corrected chi connectivity index (χ4v) is 1.73. The summed E-state index contributed by atoms with van der Waals surface area (Å²) in [5.41, 5.74) is 0.788. The smallest absolute Gasteiger partial charge is 0.270 e. The van der Waals surface area contributed by atoms with Crippen LogP contribution in [-0.4, -0.2) is 16.1 Å². The van der Waals surface area contributed by atoms with E-state index >= 15 is 0 Å². The average Bonchev–Trinajstić information content (AvgIpc) is 2.01. The Labute approximate surface area is 89.8 Å². The summed E-state index contributed by atoms with van der Waals surface area (Å²) in [5.74, 6) is 0. The Hall–Kier alpha value is -0.940. The lowest BCUT2D eigenvalue weighted by Gasteiger charge is -2.04. The van der Waals surface area contributed by atoms with Crippen molar-refractivity contribution in [2.45, 2.75) is 19.4 Å². The fraction of sp³-hybridized carbons (Fsp3) is 0.333. The molecule has 76 valence electrons. The van der Waals surface area contributed by atoms with Gasteiger partial charge in [0.15, 0.2) is 0 Å². The van der Waals surface area contributed by atoms with Crippen molar-refractivity contribution in [1.82, 2.24) is 0 Å². The first-order chi connectivity index (χ1) is 6.49. The summed E-state index contributed by atoms with van der Waals surface area (Å²) in [7, 11) is 0. The third-order valence-corrected chi connectivity index (χ3v) is 2.14. The number of nitro benzene ring substituents is 1. The van der Waals surface area contributed by atoms with E-state index in [9.17, 15) is 10.1 Å². The maximum Gasteiger partial charge on any atom is 0.270 e. The van der Waals surface area contributed by atoms with Gasteiger partial charge >= 0.3 is 0 Å². The van der Waals surface area contributed by atoms with Crippen molar-refractivity contribution < 1.29 is 10.0 Å². The molecule has 1 aromatic rings. The Morgan fingerprint density at radius 3 is 2.71 bits per heavy atom. The van der Waals surface area contributed by atoms with Crippen LogP contribution in [0.3, 0.4) is 0 Å². The normalized spacial score (nSPS) is 12.5. The number of benzene rings is 1. The van der Waals surface area contributed by atoms with Crippen LogP contribution in [0, 0.1) is 10.1 Å². The Morgan fingerprint density at radius 1 is 1.57 bits per heavy atom. The third kappa shape index (κ3) is 3.08. The molecule has 0 aliphatic heterocycles. The average molecular weight is 260 g/mol. The molecule has 0 aromatic heterocycles. The zero-order valence-electron chi connectivity index (χ0n) is 7.61. The fourth-order valence-electron chi connectivity index (χ4n) is 1.20. The lowest BCUT2D eigenvalue weighted by Crippen LogP contribution is -2.04. The maximum absolute atomic E-state index is 10.5. The predicted molar refractivity (Wildman–Crippen MR) is 56.2 cm³/mol. The van der Waals surface area contributed by atoms with Crippen molar-refractivity contribution >= 4 is 21.6 Å². The minimum Gasteiger partial charge on any atom is -0.393 e. The number of hydrogen-bond acceptors (Lipinski definition) is 3. The van der Waals surface area contributed by atoms with E-state index < -0.39 is 11.0 Å². The van der Waals surface area contributed by atoms with Gasteiger partial charge in [0.2, 0.25) is 0 Å². The standard InChI is InChI=1S/C9H10BrNO3/c1-6(12)2-7-3-8(10)5-9(4-7)11(13)14/h3-6,12H,2H2,1H3/t6-/m0/s1. The SMILES string of the molecule is C[C@H](O)Cc1cc(Br)cc([N+](=O)[O-])c1.